The third kappa shape index (κ3) is 4.26. The molecule has 2 N–H and O–H groups in total. The van der Waals surface area contributed by atoms with Gasteiger partial charge in [0.2, 0.25) is 0 Å². The van der Waals surface area contributed by atoms with Gasteiger partial charge in [-0.15, -0.1) is 0 Å². The molecule has 1 heterocycles. The largest absolute Gasteiger partial charge is 0.454 e. The molecule has 0 atom stereocenters. The predicted octanol–water partition coefficient (Wildman–Crippen LogP) is 3.64. The Morgan fingerprint density at radius 2 is 2.15 bits per heavy atom. The minimum Gasteiger partial charge on any atom is -0.454 e. The molecule has 106 valence electrons. The van der Waals surface area contributed by atoms with Crippen molar-refractivity contribution >= 4 is 34.2 Å². The van der Waals surface area contributed by atoms with Gasteiger partial charge in [-0.2, -0.15) is 0 Å². The topological polar surface area (TPSA) is 54.3 Å². The van der Waals surface area contributed by atoms with E-state index >= 15 is 0 Å². The van der Waals surface area contributed by atoms with Gasteiger partial charge < -0.3 is 15.1 Å². The molecule has 2 aromatic rings. The van der Waals surface area contributed by atoms with Crippen molar-refractivity contribution in [3.05, 3.63) is 51.5 Å². The second-order valence-electron chi connectivity index (χ2n) is 4.40. The second-order valence-corrected chi connectivity index (χ2v) is 5.46. The van der Waals surface area contributed by atoms with Crippen molar-refractivity contribution in [3.63, 3.8) is 0 Å². The van der Waals surface area contributed by atoms with E-state index in [9.17, 15) is 4.79 Å². The van der Waals surface area contributed by atoms with Gasteiger partial charge in [0.1, 0.15) is 5.76 Å². The van der Waals surface area contributed by atoms with Crippen LogP contribution in [0.25, 0.3) is 0 Å². The lowest BCUT2D eigenvalue weighted by molar-refractivity contribution is 0.0953. The summed E-state index contributed by atoms with van der Waals surface area (Å²) >= 11 is 2.13. The Morgan fingerprint density at radius 3 is 2.85 bits per heavy atom. The Balaban J connectivity index is 1.97. The van der Waals surface area contributed by atoms with E-state index < -0.39 is 0 Å². The quantitative estimate of drug-likeness (QED) is 0.748. The van der Waals surface area contributed by atoms with E-state index in [0.717, 1.165) is 21.6 Å². The van der Waals surface area contributed by atoms with Gasteiger partial charge >= 0.3 is 0 Å². The molecule has 0 bridgehead atoms. The van der Waals surface area contributed by atoms with E-state index in [4.69, 9.17) is 4.42 Å². The van der Waals surface area contributed by atoms with Gasteiger partial charge in [-0.05, 0) is 59.3 Å². The molecule has 0 unspecified atom stereocenters. The zero-order valence-corrected chi connectivity index (χ0v) is 13.4. The molecule has 4 nitrogen and oxygen atoms in total. The van der Waals surface area contributed by atoms with Crippen molar-refractivity contribution in [1.29, 1.82) is 0 Å². The van der Waals surface area contributed by atoms with Crippen LogP contribution in [0, 0.1) is 3.77 Å². The second kappa shape index (κ2) is 7.33. The molecule has 1 aromatic heterocycles. The Kier molecular flexibility index (Phi) is 5.46. The summed E-state index contributed by atoms with van der Waals surface area (Å²) in [6.45, 7) is 3.33. The first kappa shape index (κ1) is 14.9. The number of hydrogen-bond acceptors (Lipinski definition) is 3. The molecular formula is C15H17IN2O2. The number of carbonyl (C=O) groups is 1. The van der Waals surface area contributed by atoms with Gasteiger partial charge in [-0.3, -0.25) is 4.79 Å². The van der Waals surface area contributed by atoms with Crippen molar-refractivity contribution < 1.29 is 9.21 Å². The Morgan fingerprint density at radius 1 is 1.30 bits per heavy atom. The van der Waals surface area contributed by atoms with Crippen LogP contribution < -0.4 is 10.6 Å². The molecule has 5 heteroatoms. The average molecular weight is 384 g/mol. The van der Waals surface area contributed by atoms with Crippen LogP contribution in [-0.4, -0.2) is 12.5 Å². The van der Waals surface area contributed by atoms with Crippen LogP contribution in [0.4, 0.5) is 5.69 Å². The molecule has 20 heavy (non-hydrogen) atoms. The molecular weight excluding hydrogens is 367 g/mol. The number of amides is 1. The van der Waals surface area contributed by atoms with Gasteiger partial charge in [0.15, 0.2) is 3.77 Å². The molecule has 0 saturated carbocycles. The van der Waals surface area contributed by atoms with Crippen LogP contribution in [0.15, 0.2) is 40.8 Å². The van der Waals surface area contributed by atoms with Gasteiger partial charge in [0.25, 0.3) is 5.91 Å². The summed E-state index contributed by atoms with van der Waals surface area (Å²) in [6.07, 6.45) is 0.931. The van der Waals surface area contributed by atoms with Crippen LogP contribution in [-0.2, 0) is 6.54 Å². The summed E-state index contributed by atoms with van der Waals surface area (Å²) in [5.41, 5.74) is 1.57. The summed E-state index contributed by atoms with van der Waals surface area (Å²) < 4.78 is 6.35. The van der Waals surface area contributed by atoms with E-state index in [1.54, 1.807) is 0 Å². The molecule has 0 saturated heterocycles. The molecule has 0 aliphatic heterocycles. The fourth-order valence-corrected chi connectivity index (χ4v) is 2.21. The summed E-state index contributed by atoms with van der Waals surface area (Å²) in [5, 5.41) is 6.12. The fourth-order valence-electron chi connectivity index (χ4n) is 1.75. The van der Waals surface area contributed by atoms with E-state index in [0.29, 0.717) is 18.7 Å². The zero-order valence-electron chi connectivity index (χ0n) is 11.3. The standard InChI is InChI=1S/C15H17IN2O2/c1-2-8-17-15(19)11-4-3-5-12(9-11)18-10-13-6-7-14(16)20-13/h3-7,9,18H,2,8,10H2,1H3,(H,17,19). The van der Waals surface area contributed by atoms with Gasteiger partial charge in [-0.1, -0.05) is 13.0 Å². The number of benzene rings is 1. The highest BCUT2D eigenvalue weighted by Gasteiger charge is 2.05. The third-order valence-corrected chi connectivity index (χ3v) is 3.34. The highest BCUT2D eigenvalue weighted by molar-refractivity contribution is 14.1. The smallest absolute Gasteiger partial charge is 0.251 e. The predicted molar refractivity (Wildman–Crippen MR) is 87.8 cm³/mol. The molecule has 0 spiro atoms. The first-order chi connectivity index (χ1) is 9.69. The lowest BCUT2D eigenvalue weighted by Gasteiger charge is -2.07. The zero-order chi connectivity index (χ0) is 14.4. The van der Waals surface area contributed by atoms with Crippen molar-refractivity contribution in [1.82, 2.24) is 5.32 Å². The maximum absolute atomic E-state index is 11.9. The van der Waals surface area contributed by atoms with Crippen molar-refractivity contribution in [2.45, 2.75) is 19.9 Å². The number of nitrogens with one attached hydrogen (secondary N) is 2. The molecule has 0 aliphatic carbocycles. The summed E-state index contributed by atoms with van der Waals surface area (Å²) in [5.74, 6) is 0.832. The number of anilines is 1. The molecule has 0 aliphatic rings. The molecule has 1 aromatic carbocycles. The number of hydrogen-bond donors (Lipinski definition) is 2. The van der Waals surface area contributed by atoms with Crippen LogP contribution >= 0.6 is 22.6 Å². The highest BCUT2D eigenvalue weighted by Crippen LogP contribution is 2.14. The van der Waals surface area contributed by atoms with Crippen molar-refractivity contribution in [2.75, 3.05) is 11.9 Å². The molecule has 1 amide bonds. The van der Waals surface area contributed by atoms with Crippen molar-refractivity contribution in [2.24, 2.45) is 0 Å². The SMILES string of the molecule is CCCNC(=O)c1cccc(NCc2ccc(I)o2)c1. The summed E-state index contributed by atoms with van der Waals surface area (Å²) in [6, 6.07) is 11.3. The fraction of sp³-hybridized carbons (Fsp3) is 0.267. The van der Waals surface area contributed by atoms with Crippen LogP contribution in [0.2, 0.25) is 0 Å². The van der Waals surface area contributed by atoms with Gasteiger partial charge in [0.05, 0.1) is 6.54 Å². The number of rotatable bonds is 6. The Hall–Kier alpha value is -1.50. The van der Waals surface area contributed by atoms with Gasteiger partial charge in [0, 0.05) is 17.8 Å². The summed E-state index contributed by atoms with van der Waals surface area (Å²) in [7, 11) is 0. The minimum atomic E-state index is -0.0388. The Labute approximate surface area is 132 Å². The molecule has 2 rings (SSSR count). The maximum atomic E-state index is 11.9. The lowest BCUT2D eigenvalue weighted by Crippen LogP contribution is -2.23. The normalized spacial score (nSPS) is 10.3. The van der Waals surface area contributed by atoms with Crippen LogP contribution in [0.1, 0.15) is 29.5 Å². The first-order valence-electron chi connectivity index (χ1n) is 6.55. The van der Waals surface area contributed by atoms with Crippen LogP contribution in [0.5, 0.6) is 0 Å². The van der Waals surface area contributed by atoms with Crippen LogP contribution in [0.3, 0.4) is 0 Å². The van der Waals surface area contributed by atoms with E-state index in [1.807, 2.05) is 43.3 Å². The summed E-state index contributed by atoms with van der Waals surface area (Å²) in [4.78, 5) is 11.9. The third-order valence-electron chi connectivity index (χ3n) is 2.76. The number of furan rings is 1. The van der Waals surface area contributed by atoms with E-state index in [1.165, 1.54) is 0 Å². The molecule has 0 fully saturated rings. The monoisotopic (exact) mass is 384 g/mol. The maximum Gasteiger partial charge on any atom is 0.251 e. The molecule has 0 radical (unpaired) electrons. The Bertz CT molecular complexity index is 581. The van der Waals surface area contributed by atoms with E-state index in [-0.39, 0.29) is 5.91 Å². The number of halogens is 1. The highest BCUT2D eigenvalue weighted by atomic mass is 127. The van der Waals surface area contributed by atoms with E-state index in [2.05, 4.69) is 33.2 Å². The minimum absolute atomic E-state index is 0.0388. The number of carbonyl (C=O) groups excluding carboxylic acids is 1. The first-order valence-corrected chi connectivity index (χ1v) is 7.63. The van der Waals surface area contributed by atoms with Crippen molar-refractivity contribution in [3.8, 4) is 0 Å². The lowest BCUT2D eigenvalue weighted by atomic mass is 10.2. The average Bonchev–Trinajstić information content (AvgIpc) is 2.88. The van der Waals surface area contributed by atoms with Gasteiger partial charge in [-0.25, -0.2) is 0 Å².